The third kappa shape index (κ3) is 2.05. The maximum absolute atomic E-state index is 14.0. The smallest absolute Gasteiger partial charge is 0.238 e. The maximum atomic E-state index is 14.0. The molecular weight excluding hydrogens is 450 g/mol. The number of rotatable bonds is 1. The number of hydrogen-bond donors (Lipinski definition) is 0. The van der Waals surface area contributed by atoms with Crippen LogP contribution in [-0.4, -0.2) is 11.8 Å². The molecule has 0 radical (unpaired) electrons. The van der Waals surface area contributed by atoms with E-state index in [-0.39, 0.29) is 11.8 Å². The minimum absolute atomic E-state index is 0.0940. The fraction of sp³-hybridized carbons (Fsp3) is 0.259. The first-order valence-corrected chi connectivity index (χ1v) is 11.4. The summed E-state index contributed by atoms with van der Waals surface area (Å²) in [6.45, 7) is 6.30. The second-order valence-electron chi connectivity index (χ2n) is 9.40. The van der Waals surface area contributed by atoms with Gasteiger partial charge in [0.1, 0.15) is 0 Å². The molecule has 2 bridgehead atoms. The van der Waals surface area contributed by atoms with Crippen molar-refractivity contribution in [1.82, 2.24) is 0 Å². The predicted octanol–water partition coefficient (Wildman–Crippen LogP) is 5.50. The molecule has 4 heteroatoms. The minimum atomic E-state index is -0.543. The van der Waals surface area contributed by atoms with Gasteiger partial charge in [-0.1, -0.05) is 84.4 Å². The van der Waals surface area contributed by atoms with Gasteiger partial charge in [-0.05, 0) is 46.9 Å². The number of amides is 2. The van der Waals surface area contributed by atoms with Gasteiger partial charge in [-0.15, -0.1) is 0 Å². The molecule has 154 valence electrons. The summed E-state index contributed by atoms with van der Waals surface area (Å²) in [6.07, 6.45) is 0. The molecule has 0 spiro atoms. The second-order valence-corrected chi connectivity index (χ2v) is 10.3. The monoisotopic (exact) mass is 471 g/mol. The number of carbonyl (C=O) groups is 2. The van der Waals surface area contributed by atoms with Crippen LogP contribution in [0.1, 0.15) is 41.7 Å². The molecule has 2 atom stereocenters. The largest absolute Gasteiger partial charge is 0.274 e. The zero-order valence-corrected chi connectivity index (χ0v) is 19.2. The van der Waals surface area contributed by atoms with Gasteiger partial charge in [0.05, 0.1) is 17.5 Å². The average Bonchev–Trinajstić information content (AvgIpc) is 3.05. The van der Waals surface area contributed by atoms with E-state index in [0.717, 1.165) is 10.0 Å². The Morgan fingerprint density at radius 2 is 1.16 bits per heavy atom. The second kappa shape index (κ2) is 5.95. The van der Waals surface area contributed by atoms with Crippen LogP contribution in [0.3, 0.4) is 0 Å². The van der Waals surface area contributed by atoms with E-state index in [1.807, 2.05) is 49.4 Å². The van der Waals surface area contributed by atoms with Crippen molar-refractivity contribution in [1.29, 1.82) is 0 Å². The Hall–Kier alpha value is -2.72. The highest BCUT2D eigenvalue weighted by Crippen LogP contribution is 2.66. The van der Waals surface area contributed by atoms with Gasteiger partial charge in [0.25, 0.3) is 0 Å². The summed E-state index contributed by atoms with van der Waals surface area (Å²) in [5.74, 6) is -1.03. The van der Waals surface area contributed by atoms with Crippen molar-refractivity contribution in [3.63, 3.8) is 0 Å². The number of hydrogen-bond acceptors (Lipinski definition) is 2. The molecule has 1 heterocycles. The van der Waals surface area contributed by atoms with Crippen molar-refractivity contribution >= 4 is 33.4 Å². The first-order chi connectivity index (χ1) is 14.8. The van der Waals surface area contributed by atoms with Crippen LogP contribution in [0.15, 0.2) is 71.2 Å². The van der Waals surface area contributed by atoms with Crippen LogP contribution in [0.4, 0.5) is 5.69 Å². The van der Waals surface area contributed by atoms with E-state index >= 15 is 0 Å². The molecule has 3 aromatic carbocycles. The highest BCUT2D eigenvalue weighted by molar-refractivity contribution is 9.10. The lowest BCUT2D eigenvalue weighted by Gasteiger charge is -2.57. The Bertz CT molecular complexity index is 1190. The summed E-state index contributed by atoms with van der Waals surface area (Å²) in [7, 11) is 0. The Morgan fingerprint density at radius 3 is 1.55 bits per heavy atom. The Morgan fingerprint density at radius 1 is 0.742 bits per heavy atom. The third-order valence-corrected chi connectivity index (χ3v) is 8.91. The molecule has 3 aliphatic carbocycles. The van der Waals surface area contributed by atoms with Gasteiger partial charge >= 0.3 is 0 Å². The van der Waals surface area contributed by atoms with Gasteiger partial charge in [-0.2, -0.15) is 0 Å². The van der Waals surface area contributed by atoms with Crippen LogP contribution in [0, 0.1) is 18.8 Å². The van der Waals surface area contributed by atoms with Crippen LogP contribution in [0.25, 0.3) is 0 Å². The quantitative estimate of drug-likeness (QED) is 0.439. The molecular formula is C27H22BrNO2. The van der Waals surface area contributed by atoms with Gasteiger partial charge in [0.15, 0.2) is 0 Å². The van der Waals surface area contributed by atoms with Crippen LogP contribution in [-0.2, 0) is 20.4 Å². The maximum Gasteiger partial charge on any atom is 0.238 e. The molecule has 0 unspecified atom stereocenters. The number of aryl methyl sites for hydroxylation is 1. The first-order valence-electron chi connectivity index (χ1n) is 10.6. The summed E-state index contributed by atoms with van der Waals surface area (Å²) >= 11 is 3.56. The van der Waals surface area contributed by atoms with E-state index in [2.05, 4.69) is 54.0 Å². The molecule has 31 heavy (non-hydrogen) atoms. The number of carbonyl (C=O) groups excluding carboxylic acids is 2. The zero-order chi connectivity index (χ0) is 21.7. The molecule has 0 saturated carbocycles. The van der Waals surface area contributed by atoms with Crippen LogP contribution in [0.5, 0.6) is 0 Å². The topological polar surface area (TPSA) is 37.4 Å². The van der Waals surface area contributed by atoms with Crippen LogP contribution < -0.4 is 4.90 Å². The van der Waals surface area contributed by atoms with Gasteiger partial charge in [0.2, 0.25) is 11.8 Å². The van der Waals surface area contributed by atoms with E-state index in [1.54, 1.807) is 0 Å². The molecule has 0 aromatic heterocycles. The highest BCUT2D eigenvalue weighted by atomic mass is 79.9. The van der Waals surface area contributed by atoms with Crippen molar-refractivity contribution < 1.29 is 9.59 Å². The lowest BCUT2D eigenvalue weighted by atomic mass is 9.42. The van der Waals surface area contributed by atoms with Gasteiger partial charge in [-0.25, -0.2) is 4.90 Å². The molecule has 2 amide bonds. The van der Waals surface area contributed by atoms with Crippen molar-refractivity contribution in [3.05, 3.63) is 99.0 Å². The fourth-order valence-corrected chi connectivity index (χ4v) is 6.91. The van der Waals surface area contributed by atoms with Crippen LogP contribution in [0.2, 0.25) is 0 Å². The number of anilines is 1. The molecule has 3 aromatic rings. The van der Waals surface area contributed by atoms with E-state index < -0.39 is 22.7 Å². The van der Waals surface area contributed by atoms with Crippen molar-refractivity contribution in [2.24, 2.45) is 11.8 Å². The summed E-state index contributed by atoms with van der Waals surface area (Å²) < 4.78 is 0.896. The molecule has 7 rings (SSSR count). The van der Waals surface area contributed by atoms with Crippen molar-refractivity contribution in [2.45, 2.75) is 31.6 Å². The van der Waals surface area contributed by atoms with Crippen LogP contribution >= 0.6 is 15.9 Å². The standard InChI is InChI=1S/C27H22BrNO2/c1-15-12-13-16(14-21(15)28)29-24(30)22-23(25(29)31)27(3)19-10-6-4-8-17(19)26(22,2)18-9-5-7-11-20(18)27/h4-14,22-23H,1-3H3/t22-,23-,26?,27?/m0/s1. The average molecular weight is 472 g/mol. The van der Waals surface area contributed by atoms with Gasteiger partial charge < -0.3 is 0 Å². The summed E-state index contributed by atoms with van der Waals surface area (Å²) in [5.41, 5.74) is 5.31. The lowest BCUT2D eigenvalue weighted by molar-refractivity contribution is -0.124. The van der Waals surface area contributed by atoms with Crippen molar-refractivity contribution in [2.75, 3.05) is 4.90 Å². The Kier molecular flexibility index (Phi) is 3.65. The minimum Gasteiger partial charge on any atom is -0.274 e. The molecule has 1 aliphatic heterocycles. The Labute approximate surface area is 190 Å². The fourth-order valence-electron chi connectivity index (χ4n) is 6.55. The molecule has 1 fully saturated rings. The Balaban J connectivity index is 1.65. The normalized spacial score (nSPS) is 30.3. The molecule has 3 nitrogen and oxygen atoms in total. The number of halogens is 1. The summed E-state index contributed by atoms with van der Waals surface area (Å²) in [5, 5.41) is 0. The molecule has 4 aliphatic rings. The van der Waals surface area contributed by atoms with Gasteiger partial charge in [0, 0.05) is 15.3 Å². The summed E-state index contributed by atoms with van der Waals surface area (Å²) in [6, 6.07) is 22.4. The third-order valence-electron chi connectivity index (χ3n) is 8.06. The van der Waals surface area contributed by atoms with E-state index in [4.69, 9.17) is 0 Å². The van der Waals surface area contributed by atoms with E-state index in [9.17, 15) is 9.59 Å². The number of imide groups is 1. The zero-order valence-electron chi connectivity index (χ0n) is 17.6. The predicted molar refractivity (Wildman–Crippen MR) is 124 cm³/mol. The van der Waals surface area contributed by atoms with E-state index in [1.165, 1.54) is 27.2 Å². The SMILES string of the molecule is Cc1ccc(N2C(=O)[C@@H]3[C@@H](C2=O)C2(C)c4ccccc4C3(C)c3ccccc32)cc1Br. The molecule has 0 N–H and O–H groups in total. The highest BCUT2D eigenvalue weighted by Gasteiger charge is 2.70. The van der Waals surface area contributed by atoms with Gasteiger partial charge in [-0.3, -0.25) is 9.59 Å². The number of benzene rings is 3. The number of nitrogens with zero attached hydrogens (tertiary/aromatic N) is 1. The van der Waals surface area contributed by atoms with Crippen molar-refractivity contribution in [3.8, 4) is 0 Å². The lowest BCUT2D eigenvalue weighted by Crippen LogP contribution is -2.59. The summed E-state index contributed by atoms with van der Waals surface area (Å²) in [4.78, 5) is 29.4. The molecule has 1 saturated heterocycles. The van der Waals surface area contributed by atoms with E-state index in [0.29, 0.717) is 5.69 Å². The first kappa shape index (κ1) is 19.0.